The number of likely N-dealkylation sites (tertiary alicyclic amines) is 1. The van der Waals surface area contributed by atoms with Crippen molar-refractivity contribution in [2.75, 3.05) is 20.2 Å². The number of nitrogens with zero attached hydrogens (tertiary/aromatic N) is 2. The van der Waals surface area contributed by atoms with Crippen molar-refractivity contribution in [1.82, 2.24) is 10.1 Å². The first-order valence-corrected chi connectivity index (χ1v) is 7.46. The second kappa shape index (κ2) is 7.56. The molecule has 1 aliphatic rings. The summed E-state index contributed by atoms with van der Waals surface area (Å²) in [4.78, 5) is 13.2. The van der Waals surface area contributed by atoms with E-state index in [-0.39, 0.29) is 12.3 Å². The monoisotopic (exact) mass is 296 g/mol. The lowest BCUT2D eigenvalue weighted by atomic mass is 9.84. The molecule has 0 bridgehead atoms. The van der Waals surface area contributed by atoms with Crippen molar-refractivity contribution in [1.29, 1.82) is 0 Å². The predicted octanol–water partition coefficient (Wildman–Crippen LogP) is 2.14. The Hall–Kier alpha value is -1.40. The van der Waals surface area contributed by atoms with E-state index in [1.54, 1.807) is 7.11 Å². The van der Waals surface area contributed by atoms with Gasteiger partial charge in [0, 0.05) is 32.7 Å². The van der Waals surface area contributed by atoms with E-state index in [4.69, 9.17) is 14.4 Å². The molecule has 1 fully saturated rings. The summed E-state index contributed by atoms with van der Waals surface area (Å²) >= 11 is 0. The number of hydrogen-bond acceptors (Lipinski definition) is 5. The standard InChI is InChI=1S/C15H24N2O4/c1-11(6-15(18)19)12-4-3-5-17(8-12)9-13-7-14(10-20-2)21-16-13/h7,11-12H,3-6,8-10H2,1-2H3,(H,18,19). The zero-order valence-electron chi connectivity index (χ0n) is 12.7. The summed E-state index contributed by atoms with van der Waals surface area (Å²) in [5.41, 5.74) is 0.911. The molecule has 2 atom stereocenters. The highest BCUT2D eigenvalue weighted by Crippen LogP contribution is 2.27. The average Bonchev–Trinajstić information content (AvgIpc) is 2.86. The zero-order valence-corrected chi connectivity index (χ0v) is 12.7. The zero-order chi connectivity index (χ0) is 15.2. The molecular weight excluding hydrogens is 272 g/mol. The van der Waals surface area contributed by atoms with Crippen LogP contribution in [0.2, 0.25) is 0 Å². The lowest BCUT2D eigenvalue weighted by molar-refractivity contribution is -0.138. The van der Waals surface area contributed by atoms with Gasteiger partial charge in [0.15, 0.2) is 5.76 Å². The summed E-state index contributed by atoms with van der Waals surface area (Å²) in [6.45, 7) is 5.19. The Labute approximate surface area is 125 Å². The van der Waals surface area contributed by atoms with Crippen molar-refractivity contribution < 1.29 is 19.2 Å². The van der Waals surface area contributed by atoms with Crippen molar-refractivity contribution >= 4 is 5.97 Å². The molecule has 0 amide bonds. The van der Waals surface area contributed by atoms with Crippen LogP contribution in [0.4, 0.5) is 0 Å². The first kappa shape index (κ1) is 16.0. The van der Waals surface area contributed by atoms with E-state index in [1.165, 1.54) is 0 Å². The van der Waals surface area contributed by atoms with Gasteiger partial charge in [-0.05, 0) is 31.2 Å². The fraction of sp³-hybridized carbons (Fsp3) is 0.733. The maximum atomic E-state index is 10.8. The van der Waals surface area contributed by atoms with Gasteiger partial charge in [0.05, 0.1) is 5.69 Å². The summed E-state index contributed by atoms with van der Waals surface area (Å²) in [7, 11) is 1.63. The van der Waals surface area contributed by atoms with Crippen LogP contribution in [-0.4, -0.2) is 41.3 Å². The number of aromatic nitrogens is 1. The van der Waals surface area contributed by atoms with Crippen molar-refractivity contribution in [3.63, 3.8) is 0 Å². The Kier molecular flexibility index (Phi) is 5.76. The van der Waals surface area contributed by atoms with Crippen LogP contribution < -0.4 is 0 Å². The molecule has 6 heteroatoms. The molecule has 1 saturated heterocycles. The van der Waals surface area contributed by atoms with Gasteiger partial charge in [-0.15, -0.1) is 0 Å². The molecule has 21 heavy (non-hydrogen) atoms. The highest BCUT2D eigenvalue weighted by atomic mass is 16.5. The lowest BCUT2D eigenvalue weighted by Gasteiger charge is -2.35. The van der Waals surface area contributed by atoms with Crippen LogP contribution in [0.1, 0.15) is 37.6 Å². The number of piperidine rings is 1. The summed E-state index contributed by atoms with van der Waals surface area (Å²) < 4.78 is 10.2. The average molecular weight is 296 g/mol. The van der Waals surface area contributed by atoms with E-state index in [2.05, 4.69) is 10.1 Å². The van der Waals surface area contributed by atoms with Gasteiger partial charge < -0.3 is 14.4 Å². The molecule has 0 spiro atoms. The Morgan fingerprint density at radius 2 is 2.48 bits per heavy atom. The molecule has 0 saturated carbocycles. The van der Waals surface area contributed by atoms with Crippen molar-refractivity contribution in [3.8, 4) is 0 Å². The third-order valence-electron chi connectivity index (χ3n) is 4.12. The summed E-state index contributed by atoms with van der Waals surface area (Å²) in [6, 6.07) is 1.92. The molecule has 6 nitrogen and oxygen atoms in total. The van der Waals surface area contributed by atoms with Gasteiger partial charge in [-0.25, -0.2) is 0 Å². The largest absolute Gasteiger partial charge is 0.481 e. The normalized spacial score (nSPS) is 21.3. The number of carboxylic acids is 1. The number of ether oxygens (including phenoxy) is 1. The summed E-state index contributed by atoms with van der Waals surface area (Å²) in [6.07, 6.45) is 2.47. The predicted molar refractivity (Wildman–Crippen MR) is 76.6 cm³/mol. The number of hydrogen-bond donors (Lipinski definition) is 1. The van der Waals surface area contributed by atoms with Gasteiger partial charge in [-0.2, -0.15) is 0 Å². The molecule has 1 aromatic heterocycles. The molecule has 2 heterocycles. The Bertz CT molecular complexity index is 460. The second-order valence-corrected chi connectivity index (χ2v) is 5.93. The molecular formula is C15H24N2O4. The van der Waals surface area contributed by atoms with Gasteiger partial charge in [0.1, 0.15) is 6.61 Å². The van der Waals surface area contributed by atoms with Gasteiger partial charge in [0.2, 0.25) is 0 Å². The quantitative estimate of drug-likeness (QED) is 0.831. The first-order valence-electron chi connectivity index (χ1n) is 7.46. The van der Waals surface area contributed by atoms with Gasteiger partial charge in [-0.1, -0.05) is 12.1 Å². The van der Waals surface area contributed by atoms with Crippen molar-refractivity contribution in [3.05, 3.63) is 17.5 Å². The summed E-state index contributed by atoms with van der Waals surface area (Å²) in [5.74, 6) is 0.687. The molecule has 2 unspecified atom stereocenters. The van der Waals surface area contributed by atoms with Crippen LogP contribution >= 0.6 is 0 Å². The van der Waals surface area contributed by atoms with Crippen LogP contribution in [0.15, 0.2) is 10.6 Å². The lowest BCUT2D eigenvalue weighted by Crippen LogP contribution is -2.37. The Morgan fingerprint density at radius 1 is 1.67 bits per heavy atom. The summed E-state index contributed by atoms with van der Waals surface area (Å²) in [5, 5.41) is 13.0. The van der Waals surface area contributed by atoms with E-state index in [1.807, 2.05) is 13.0 Å². The van der Waals surface area contributed by atoms with Crippen LogP contribution in [0.3, 0.4) is 0 Å². The highest BCUT2D eigenvalue weighted by Gasteiger charge is 2.26. The van der Waals surface area contributed by atoms with Crippen LogP contribution in [0, 0.1) is 11.8 Å². The van der Waals surface area contributed by atoms with Gasteiger partial charge in [0.25, 0.3) is 0 Å². The van der Waals surface area contributed by atoms with Crippen LogP contribution in [-0.2, 0) is 22.7 Å². The topological polar surface area (TPSA) is 75.8 Å². The molecule has 1 N–H and O–H groups in total. The molecule has 2 rings (SSSR count). The van der Waals surface area contributed by atoms with E-state index in [0.29, 0.717) is 12.5 Å². The number of carbonyl (C=O) groups is 1. The highest BCUT2D eigenvalue weighted by molar-refractivity contribution is 5.67. The Balaban J connectivity index is 1.86. The van der Waals surface area contributed by atoms with Gasteiger partial charge >= 0.3 is 5.97 Å². The molecule has 0 aliphatic carbocycles. The van der Waals surface area contributed by atoms with E-state index in [0.717, 1.165) is 43.9 Å². The minimum atomic E-state index is -0.708. The smallest absolute Gasteiger partial charge is 0.303 e. The fourth-order valence-corrected chi connectivity index (χ4v) is 3.01. The number of carboxylic acid groups (broad SMARTS) is 1. The minimum Gasteiger partial charge on any atom is -0.481 e. The number of methoxy groups -OCH3 is 1. The van der Waals surface area contributed by atoms with Crippen LogP contribution in [0.25, 0.3) is 0 Å². The van der Waals surface area contributed by atoms with Crippen molar-refractivity contribution in [2.24, 2.45) is 11.8 Å². The molecule has 0 aromatic carbocycles. The van der Waals surface area contributed by atoms with E-state index >= 15 is 0 Å². The fourth-order valence-electron chi connectivity index (χ4n) is 3.01. The maximum Gasteiger partial charge on any atom is 0.303 e. The van der Waals surface area contributed by atoms with Crippen molar-refractivity contribution in [2.45, 2.75) is 39.3 Å². The molecule has 1 aromatic rings. The third kappa shape index (κ3) is 4.82. The molecule has 1 aliphatic heterocycles. The first-order chi connectivity index (χ1) is 10.1. The second-order valence-electron chi connectivity index (χ2n) is 5.93. The molecule has 0 radical (unpaired) electrons. The Morgan fingerprint density at radius 3 is 3.19 bits per heavy atom. The third-order valence-corrected chi connectivity index (χ3v) is 4.12. The van der Waals surface area contributed by atoms with Gasteiger partial charge in [-0.3, -0.25) is 9.69 Å². The van der Waals surface area contributed by atoms with Crippen LogP contribution in [0.5, 0.6) is 0 Å². The number of rotatable bonds is 7. The molecule has 118 valence electrons. The SMILES string of the molecule is COCc1cc(CN2CCCC(C(C)CC(=O)O)C2)no1. The van der Waals surface area contributed by atoms with E-state index < -0.39 is 5.97 Å². The minimum absolute atomic E-state index is 0.215. The maximum absolute atomic E-state index is 10.8. The van der Waals surface area contributed by atoms with E-state index in [9.17, 15) is 4.79 Å². The number of aliphatic carboxylic acids is 1.